The number of nitro benzene ring substituents is 1. The van der Waals surface area contributed by atoms with Gasteiger partial charge in [-0.1, -0.05) is 6.92 Å². The smallest absolute Gasteiger partial charge is 0.338 e. The maximum atomic E-state index is 12.0. The number of methoxy groups -OCH3 is 1. The van der Waals surface area contributed by atoms with Crippen molar-refractivity contribution >= 4 is 11.7 Å². The first kappa shape index (κ1) is 16.3. The van der Waals surface area contributed by atoms with E-state index in [2.05, 4.69) is 15.5 Å². The molecule has 0 aliphatic heterocycles. The molecule has 0 bridgehead atoms. The van der Waals surface area contributed by atoms with Crippen molar-refractivity contribution in [2.75, 3.05) is 7.11 Å². The Balaban J connectivity index is 2.10. The van der Waals surface area contributed by atoms with Gasteiger partial charge < -0.3 is 9.47 Å². The summed E-state index contributed by atoms with van der Waals surface area (Å²) in [7, 11) is 1.31. The van der Waals surface area contributed by atoms with Gasteiger partial charge in [0.25, 0.3) is 0 Å². The number of tetrazole rings is 1. The lowest BCUT2D eigenvalue weighted by Crippen LogP contribution is -2.11. The number of nitrogens with zero attached hydrogens (tertiary/aromatic N) is 5. The van der Waals surface area contributed by atoms with Crippen molar-refractivity contribution in [2.45, 2.75) is 26.5 Å². The molecule has 0 aliphatic rings. The number of nitro groups is 1. The fourth-order valence-corrected chi connectivity index (χ4v) is 1.89. The summed E-state index contributed by atoms with van der Waals surface area (Å²) in [5.74, 6) is -0.233. The highest BCUT2D eigenvalue weighted by Crippen LogP contribution is 2.27. The van der Waals surface area contributed by atoms with Crippen LogP contribution in [0.2, 0.25) is 0 Å². The molecule has 0 saturated heterocycles. The van der Waals surface area contributed by atoms with Crippen molar-refractivity contribution in [1.29, 1.82) is 0 Å². The molecule has 0 unspecified atom stereocenters. The largest absolute Gasteiger partial charge is 0.490 e. The number of esters is 1. The van der Waals surface area contributed by atoms with Crippen LogP contribution in [0.1, 0.15) is 29.5 Å². The third kappa shape index (κ3) is 3.78. The summed E-state index contributed by atoms with van der Waals surface area (Å²) in [6.07, 6.45) is 0.830. The van der Waals surface area contributed by atoms with Crippen LogP contribution in [0, 0.1) is 10.1 Å². The Morgan fingerprint density at radius 1 is 1.43 bits per heavy atom. The van der Waals surface area contributed by atoms with Crippen LogP contribution in [0.25, 0.3) is 0 Å². The monoisotopic (exact) mass is 321 g/mol. The number of rotatable bonds is 7. The van der Waals surface area contributed by atoms with Crippen LogP contribution >= 0.6 is 0 Å². The number of benzene rings is 1. The zero-order valence-electron chi connectivity index (χ0n) is 12.6. The molecule has 0 radical (unpaired) electrons. The normalized spacial score (nSPS) is 10.3. The maximum absolute atomic E-state index is 12.0. The molecule has 23 heavy (non-hydrogen) atoms. The number of carbonyl (C=O) groups excluding carboxylic acids is 1. The molecule has 1 aromatic carbocycles. The van der Waals surface area contributed by atoms with Crippen LogP contribution in [0.15, 0.2) is 18.2 Å². The summed E-state index contributed by atoms with van der Waals surface area (Å²) < 4.78 is 11.5. The van der Waals surface area contributed by atoms with E-state index in [0.29, 0.717) is 12.4 Å². The molecule has 0 saturated carbocycles. The minimum absolute atomic E-state index is 0.0482. The lowest BCUT2D eigenvalue weighted by molar-refractivity contribution is -0.385. The Morgan fingerprint density at radius 2 is 2.22 bits per heavy atom. The van der Waals surface area contributed by atoms with Gasteiger partial charge in [-0.25, -0.2) is 9.48 Å². The number of aryl methyl sites for hydroxylation is 1. The second-order valence-electron chi connectivity index (χ2n) is 4.54. The molecule has 10 heteroatoms. The first-order valence-corrected chi connectivity index (χ1v) is 6.81. The molecule has 2 rings (SSSR count). The number of hydrogen-bond donors (Lipinski definition) is 0. The van der Waals surface area contributed by atoms with E-state index in [1.807, 2.05) is 6.92 Å². The molecule has 1 heterocycles. The Kier molecular flexibility index (Phi) is 5.18. The first-order valence-electron chi connectivity index (χ1n) is 6.81. The molecule has 0 fully saturated rings. The van der Waals surface area contributed by atoms with Gasteiger partial charge >= 0.3 is 11.7 Å². The molecule has 0 amide bonds. The Bertz CT molecular complexity index is 715. The third-order valence-corrected chi connectivity index (χ3v) is 2.99. The van der Waals surface area contributed by atoms with Crippen molar-refractivity contribution < 1.29 is 19.2 Å². The highest BCUT2D eigenvalue weighted by atomic mass is 16.6. The van der Waals surface area contributed by atoms with E-state index in [9.17, 15) is 14.9 Å². The highest BCUT2D eigenvalue weighted by molar-refractivity contribution is 5.90. The van der Waals surface area contributed by atoms with Gasteiger partial charge in [-0.3, -0.25) is 10.1 Å². The van der Waals surface area contributed by atoms with Gasteiger partial charge in [0.2, 0.25) is 0 Å². The van der Waals surface area contributed by atoms with Crippen molar-refractivity contribution in [3.8, 4) is 5.75 Å². The van der Waals surface area contributed by atoms with E-state index in [1.54, 1.807) is 0 Å². The van der Waals surface area contributed by atoms with Crippen molar-refractivity contribution in [3.63, 3.8) is 0 Å². The highest BCUT2D eigenvalue weighted by Gasteiger charge is 2.19. The van der Waals surface area contributed by atoms with Gasteiger partial charge in [-0.2, -0.15) is 0 Å². The predicted molar refractivity (Wildman–Crippen MR) is 76.9 cm³/mol. The number of ether oxygens (including phenoxy) is 2. The zero-order chi connectivity index (χ0) is 16.8. The molecule has 2 aromatic rings. The quantitative estimate of drug-likeness (QED) is 0.425. The van der Waals surface area contributed by atoms with Crippen LogP contribution in [0.3, 0.4) is 0 Å². The summed E-state index contributed by atoms with van der Waals surface area (Å²) in [4.78, 5) is 22.4. The van der Waals surface area contributed by atoms with Crippen molar-refractivity contribution in [1.82, 2.24) is 20.2 Å². The van der Waals surface area contributed by atoms with Crippen LogP contribution in [0.5, 0.6) is 5.75 Å². The zero-order valence-corrected chi connectivity index (χ0v) is 12.6. The van der Waals surface area contributed by atoms with Gasteiger partial charge in [-0.05, 0) is 29.0 Å². The molecular weight excluding hydrogens is 306 g/mol. The van der Waals surface area contributed by atoms with E-state index in [4.69, 9.17) is 9.47 Å². The molecule has 1 aromatic heterocycles. The molecule has 0 N–H and O–H groups in total. The molecule has 0 aliphatic carbocycles. The van der Waals surface area contributed by atoms with Crippen molar-refractivity contribution in [2.24, 2.45) is 0 Å². The lowest BCUT2D eigenvalue weighted by atomic mass is 10.2. The van der Waals surface area contributed by atoms with E-state index < -0.39 is 10.9 Å². The first-order chi connectivity index (χ1) is 11.1. The second-order valence-corrected chi connectivity index (χ2v) is 4.54. The van der Waals surface area contributed by atoms with Crippen LogP contribution in [0.4, 0.5) is 5.69 Å². The fraction of sp³-hybridized carbons (Fsp3) is 0.385. The van der Waals surface area contributed by atoms with E-state index in [1.165, 1.54) is 23.9 Å². The summed E-state index contributed by atoms with van der Waals surface area (Å²) in [5.41, 5.74) is -0.259. The summed E-state index contributed by atoms with van der Waals surface area (Å²) in [6.45, 7) is 2.45. The lowest BCUT2D eigenvalue weighted by Gasteiger charge is -2.06. The maximum Gasteiger partial charge on any atom is 0.338 e. The number of hydrogen-bond acceptors (Lipinski definition) is 8. The summed E-state index contributed by atoms with van der Waals surface area (Å²) >= 11 is 0. The van der Waals surface area contributed by atoms with Gasteiger partial charge in [0.05, 0.1) is 17.6 Å². The summed E-state index contributed by atoms with van der Waals surface area (Å²) in [6, 6.07) is 3.84. The molecular formula is C13H15N5O5. The minimum Gasteiger partial charge on any atom is -0.490 e. The summed E-state index contributed by atoms with van der Waals surface area (Å²) in [5, 5.41) is 22.0. The van der Waals surface area contributed by atoms with Gasteiger partial charge in [0.1, 0.15) is 0 Å². The van der Waals surface area contributed by atoms with Crippen LogP contribution in [-0.2, 0) is 17.9 Å². The average molecular weight is 321 g/mol. The van der Waals surface area contributed by atoms with E-state index >= 15 is 0 Å². The van der Waals surface area contributed by atoms with Crippen LogP contribution in [-0.4, -0.2) is 38.2 Å². The average Bonchev–Trinajstić information content (AvgIpc) is 2.99. The van der Waals surface area contributed by atoms with Gasteiger partial charge in [0, 0.05) is 12.6 Å². The van der Waals surface area contributed by atoms with Gasteiger partial charge in [-0.15, -0.1) is 5.10 Å². The third-order valence-electron chi connectivity index (χ3n) is 2.99. The second kappa shape index (κ2) is 7.29. The molecule has 0 atom stereocenters. The Hall–Kier alpha value is -3.04. The van der Waals surface area contributed by atoms with Crippen molar-refractivity contribution in [3.05, 3.63) is 39.7 Å². The van der Waals surface area contributed by atoms with E-state index in [-0.39, 0.29) is 23.6 Å². The van der Waals surface area contributed by atoms with Gasteiger partial charge in [0.15, 0.2) is 18.2 Å². The molecule has 0 spiro atoms. The van der Waals surface area contributed by atoms with Crippen LogP contribution < -0.4 is 4.74 Å². The molecule has 10 nitrogen and oxygen atoms in total. The Labute approximate surface area is 131 Å². The SMILES string of the molecule is CCCn1nnnc1COC(=O)c1ccc(OC)c([N+](=O)[O-])c1. The minimum atomic E-state index is -0.707. The fourth-order valence-electron chi connectivity index (χ4n) is 1.89. The predicted octanol–water partition coefficient (Wildman–Crippen LogP) is 1.36. The van der Waals surface area contributed by atoms with E-state index in [0.717, 1.165) is 12.5 Å². The standard InChI is InChI=1S/C13H15N5O5/c1-3-6-17-12(14-15-16-17)8-23-13(19)9-4-5-11(22-2)10(7-9)18(20)21/h4-5,7H,3,6,8H2,1-2H3. The topological polar surface area (TPSA) is 122 Å². The molecule has 122 valence electrons. The Morgan fingerprint density at radius 3 is 2.87 bits per heavy atom. The number of carbonyl (C=O) groups is 1. The number of aromatic nitrogens is 4.